The second-order valence-corrected chi connectivity index (χ2v) is 9.46. The molecule has 0 spiro atoms. The number of ether oxygens (including phenoxy) is 1. The first-order valence-electron chi connectivity index (χ1n) is 10.7. The summed E-state index contributed by atoms with van der Waals surface area (Å²) in [6.07, 6.45) is 2.12. The van der Waals surface area contributed by atoms with E-state index >= 15 is 0 Å². The van der Waals surface area contributed by atoms with E-state index < -0.39 is 17.8 Å². The van der Waals surface area contributed by atoms with E-state index in [0.29, 0.717) is 21.3 Å². The summed E-state index contributed by atoms with van der Waals surface area (Å²) >= 11 is 24.7. The molecule has 6 nitrogen and oxygen atoms in total. The highest BCUT2D eigenvalue weighted by molar-refractivity contribution is 6.42. The third-order valence-corrected chi connectivity index (χ3v) is 6.70. The minimum absolute atomic E-state index is 0.131. The standard InChI is InChI=1S/C26H18Cl4N2O4/c1-2-14-3-6-17(7-4-14)32-25(34)18(24(33)31-26(32)35)9-16-11-21(29)23(22(30)12-16)36-13-15-5-8-19(27)20(28)10-15/h3-12H,2,13H2,1H3,(H,31,33,35)/b18-9-. The lowest BCUT2D eigenvalue weighted by atomic mass is 10.1. The van der Waals surface area contributed by atoms with Crippen LogP contribution in [-0.4, -0.2) is 17.8 Å². The second kappa shape index (κ2) is 10.9. The van der Waals surface area contributed by atoms with Gasteiger partial charge in [0.1, 0.15) is 12.2 Å². The maximum atomic E-state index is 13.1. The molecule has 0 bridgehead atoms. The van der Waals surface area contributed by atoms with Gasteiger partial charge in [0.05, 0.1) is 25.8 Å². The summed E-state index contributed by atoms with van der Waals surface area (Å²) in [5.41, 5.74) is 2.27. The van der Waals surface area contributed by atoms with Crippen LogP contribution in [-0.2, 0) is 22.6 Å². The van der Waals surface area contributed by atoms with Crippen molar-refractivity contribution >= 4 is 76.0 Å². The molecule has 3 aromatic carbocycles. The highest BCUT2D eigenvalue weighted by atomic mass is 35.5. The number of rotatable bonds is 6. The molecule has 4 amide bonds. The van der Waals surface area contributed by atoms with Gasteiger partial charge < -0.3 is 4.74 Å². The van der Waals surface area contributed by atoms with Crippen LogP contribution in [0.4, 0.5) is 10.5 Å². The van der Waals surface area contributed by atoms with Gasteiger partial charge in [-0.05, 0) is 65.6 Å². The van der Waals surface area contributed by atoms with Crippen molar-refractivity contribution in [2.75, 3.05) is 4.90 Å². The smallest absolute Gasteiger partial charge is 0.335 e. The third-order valence-electron chi connectivity index (χ3n) is 5.40. The van der Waals surface area contributed by atoms with Gasteiger partial charge in [0.15, 0.2) is 5.75 Å². The second-order valence-electron chi connectivity index (χ2n) is 7.83. The lowest BCUT2D eigenvalue weighted by Crippen LogP contribution is -2.54. The van der Waals surface area contributed by atoms with Crippen molar-refractivity contribution in [3.63, 3.8) is 0 Å². The van der Waals surface area contributed by atoms with E-state index in [1.54, 1.807) is 30.3 Å². The van der Waals surface area contributed by atoms with Gasteiger partial charge in [-0.25, -0.2) is 9.69 Å². The van der Waals surface area contributed by atoms with Gasteiger partial charge in [-0.15, -0.1) is 0 Å². The molecule has 184 valence electrons. The molecule has 4 rings (SSSR count). The number of aryl methyl sites for hydroxylation is 1. The van der Waals surface area contributed by atoms with Crippen LogP contribution in [0.3, 0.4) is 0 Å². The van der Waals surface area contributed by atoms with E-state index in [4.69, 9.17) is 51.1 Å². The molecular formula is C26H18Cl4N2O4. The molecule has 1 saturated heterocycles. The number of halogens is 4. The Morgan fingerprint density at radius 3 is 2.08 bits per heavy atom. The van der Waals surface area contributed by atoms with Crippen molar-refractivity contribution in [3.8, 4) is 5.75 Å². The zero-order valence-electron chi connectivity index (χ0n) is 18.8. The third kappa shape index (κ3) is 5.52. The topological polar surface area (TPSA) is 75.7 Å². The van der Waals surface area contributed by atoms with Crippen LogP contribution in [0.5, 0.6) is 5.75 Å². The molecule has 3 aromatic rings. The first-order chi connectivity index (χ1) is 17.2. The molecular weight excluding hydrogens is 546 g/mol. The molecule has 0 radical (unpaired) electrons. The number of anilines is 1. The minimum atomic E-state index is -0.825. The summed E-state index contributed by atoms with van der Waals surface area (Å²) in [6, 6.07) is 14.2. The Kier molecular flexibility index (Phi) is 7.91. The van der Waals surface area contributed by atoms with Gasteiger partial charge >= 0.3 is 6.03 Å². The Bertz CT molecular complexity index is 1380. The molecule has 0 saturated carbocycles. The molecule has 0 unspecified atom stereocenters. The van der Waals surface area contributed by atoms with Crippen LogP contribution < -0.4 is 15.0 Å². The largest absolute Gasteiger partial charge is 0.486 e. The molecule has 10 heteroatoms. The lowest BCUT2D eigenvalue weighted by Gasteiger charge is -2.26. The Balaban J connectivity index is 1.59. The summed E-state index contributed by atoms with van der Waals surface area (Å²) < 4.78 is 5.76. The van der Waals surface area contributed by atoms with Crippen molar-refractivity contribution in [2.45, 2.75) is 20.0 Å². The summed E-state index contributed by atoms with van der Waals surface area (Å²) in [6.45, 7) is 2.12. The molecule has 1 aliphatic heterocycles. The van der Waals surface area contributed by atoms with Gasteiger partial charge in [-0.1, -0.05) is 71.5 Å². The average molecular weight is 564 g/mol. The highest BCUT2D eigenvalue weighted by Gasteiger charge is 2.36. The summed E-state index contributed by atoms with van der Waals surface area (Å²) in [5.74, 6) is -1.36. The number of imide groups is 2. The number of hydrogen-bond acceptors (Lipinski definition) is 4. The van der Waals surface area contributed by atoms with E-state index in [2.05, 4.69) is 5.32 Å². The van der Waals surface area contributed by atoms with E-state index in [0.717, 1.165) is 22.4 Å². The van der Waals surface area contributed by atoms with Crippen LogP contribution in [0, 0.1) is 0 Å². The number of benzene rings is 3. The maximum absolute atomic E-state index is 13.1. The zero-order chi connectivity index (χ0) is 26.0. The monoisotopic (exact) mass is 562 g/mol. The molecule has 1 fully saturated rings. The molecule has 0 aliphatic carbocycles. The Hall–Kier alpha value is -3.03. The number of urea groups is 1. The molecule has 0 aromatic heterocycles. The SMILES string of the molecule is CCc1ccc(N2C(=O)NC(=O)/C(=C/c3cc(Cl)c(OCc4ccc(Cl)c(Cl)c4)c(Cl)c3)C2=O)cc1. The molecule has 0 atom stereocenters. The Morgan fingerprint density at radius 1 is 0.833 bits per heavy atom. The number of barbiturate groups is 1. The van der Waals surface area contributed by atoms with Crippen molar-refractivity contribution < 1.29 is 19.1 Å². The van der Waals surface area contributed by atoms with Crippen LogP contribution in [0.25, 0.3) is 6.08 Å². The average Bonchev–Trinajstić information content (AvgIpc) is 2.83. The number of hydrogen-bond donors (Lipinski definition) is 1. The van der Waals surface area contributed by atoms with Gasteiger partial charge in [-0.3, -0.25) is 14.9 Å². The Labute approximate surface area is 227 Å². The predicted molar refractivity (Wildman–Crippen MR) is 142 cm³/mol. The predicted octanol–water partition coefficient (Wildman–Crippen LogP) is 7.11. The first kappa shape index (κ1) is 26.0. The molecule has 1 aliphatic rings. The van der Waals surface area contributed by atoms with Crippen LogP contribution in [0.15, 0.2) is 60.2 Å². The first-order valence-corrected chi connectivity index (χ1v) is 12.2. The van der Waals surface area contributed by atoms with E-state index in [1.807, 2.05) is 19.1 Å². The summed E-state index contributed by atoms with van der Waals surface area (Å²) in [5, 5.41) is 3.34. The fraction of sp³-hybridized carbons (Fsp3) is 0.115. The maximum Gasteiger partial charge on any atom is 0.335 e. The highest BCUT2D eigenvalue weighted by Crippen LogP contribution is 2.36. The fourth-order valence-corrected chi connectivity index (χ4v) is 4.46. The summed E-state index contributed by atoms with van der Waals surface area (Å²) in [4.78, 5) is 38.9. The number of nitrogens with one attached hydrogen (secondary N) is 1. The van der Waals surface area contributed by atoms with Gasteiger partial charge in [0.2, 0.25) is 0 Å². The van der Waals surface area contributed by atoms with Crippen molar-refractivity contribution in [3.05, 3.63) is 97.0 Å². The van der Waals surface area contributed by atoms with Crippen LogP contribution >= 0.6 is 46.4 Å². The van der Waals surface area contributed by atoms with Crippen molar-refractivity contribution in [1.82, 2.24) is 5.32 Å². The molecule has 36 heavy (non-hydrogen) atoms. The van der Waals surface area contributed by atoms with Gasteiger partial charge in [-0.2, -0.15) is 0 Å². The number of nitrogens with zero attached hydrogens (tertiary/aromatic N) is 1. The van der Waals surface area contributed by atoms with E-state index in [9.17, 15) is 14.4 Å². The summed E-state index contributed by atoms with van der Waals surface area (Å²) in [7, 11) is 0. The molecule has 1 heterocycles. The van der Waals surface area contributed by atoms with Crippen LogP contribution in [0.2, 0.25) is 20.1 Å². The number of amides is 4. The Morgan fingerprint density at radius 2 is 1.47 bits per heavy atom. The van der Waals surface area contributed by atoms with Gasteiger partial charge in [0.25, 0.3) is 11.8 Å². The van der Waals surface area contributed by atoms with E-state index in [-0.39, 0.29) is 28.0 Å². The lowest BCUT2D eigenvalue weighted by molar-refractivity contribution is -0.122. The quantitative estimate of drug-likeness (QED) is 0.256. The normalized spacial score (nSPS) is 14.9. The van der Waals surface area contributed by atoms with E-state index in [1.165, 1.54) is 18.2 Å². The van der Waals surface area contributed by atoms with Crippen molar-refractivity contribution in [2.24, 2.45) is 0 Å². The zero-order valence-corrected chi connectivity index (χ0v) is 21.8. The van der Waals surface area contributed by atoms with Crippen molar-refractivity contribution in [1.29, 1.82) is 0 Å². The number of carbonyl (C=O) groups excluding carboxylic acids is 3. The molecule has 1 N–H and O–H groups in total. The van der Waals surface area contributed by atoms with Gasteiger partial charge in [0, 0.05) is 0 Å². The van der Waals surface area contributed by atoms with Crippen LogP contribution in [0.1, 0.15) is 23.6 Å². The fourth-order valence-electron chi connectivity index (χ4n) is 3.52. The minimum Gasteiger partial charge on any atom is -0.486 e. The number of carbonyl (C=O) groups is 3.